The third-order valence-electron chi connectivity index (χ3n) is 3.13. The Balaban J connectivity index is 2.30. The Labute approximate surface area is 87.4 Å². The van der Waals surface area contributed by atoms with Gasteiger partial charge in [0.05, 0.1) is 12.7 Å². The highest BCUT2D eigenvalue weighted by atomic mass is 16.4. The lowest BCUT2D eigenvalue weighted by Crippen LogP contribution is -2.69. The van der Waals surface area contributed by atoms with Crippen LogP contribution < -0.4 is 0 Å². The van der Waals surface area contributed by atoms with Crippen LogP contribution in [-0.4, -0.2) is 44.8 Å². The van der Waals surface area contributed by atoms with E-state index in [1.807, 2.05) is 6.07 Å². The second-order valence-electron chi connectivity index (χ2n) is 3.97. The first kappa shape index (κ1) is 10.6. The molecule has 82 valence electrons. The van der Waals surface area contributed by atoms with Crippen LogP contribution in [0.4, 0.5) is 0 Å². The predicted octanol–water partition coefficient (Wildman–Crippen LogP) is -0.771. The molecule has 0 saturated heterocycles. The lowest BCUT2D eigenvalue weighted by atomic mass is 9.62. The smallest absolute Gasteiger partial charge is 0.125 e. The van der Waals surface area contributed by atoms with E-state index in [2.05, 4.69) is 0 Å². The summed E-state index contributed by atoms with van der Waals surface area (Å²) >= 11 is 0. The molecule has 4 heteroatoms. The van der Waals surface area contributed by atoms with Crippen LogP contribution in [0.15, 0.2) is 30.3 Å². The molecule has 1 aromatic carbocycles. The van der Waals surface area contributed by atoms with Gasteiger partial charge in [-0.25, -0.2) is 0 Å². The zero-order chi connectivity index (χ0) is 11.1. The zero-order valence-corrected chi connectivity index (χ0v) is 8.11. The highest BCUT2D eigenvalue weighted by Gasteiger charge is 2.60. The molecule has 0 radical (unpaired) electrons. The molecular weight excluding hydrogens is 196 g/mol. The lowest BCUT2D eigenvalue weighted by molar-refractivity contribution is -0.245. The highest BCUT2D eigenvalue weighted by molar-refractivity contribution is 5.32. The maximum atomic E-state index is 9.91. The third kappa shape index (κ3) is 1.38. The number of benzene rings is 1. The Bertz CT molecular complexity index is 340. The monoisotopic (exact) mass is 210 g/mol. The minimum absolute atomic E-state index is 0.565. The summed E-state index contributed by atoms with van der Waals surface area (Å²) in [4.78, 5) is 0. The van der Waals surface area contributed by atoms with Gasteiger partial charge in [-0.05, 0) is 5.56 Å². The molecule has 1 saturated carbocycles. The van der Waals surface area contributed by atoms with Crippen molar-refractivity contribution < 1.29 is 20.4 Å². The Morgan fingerprint density at radius 2 is 1.73 bits per heavy atom. The minimum Gasteiger partial charge on any atom is -0.393 e. The number of aliphatic hydroxyl groups excluding tert-OH is 3. The Morgan fingerprint density at radius 3 is 2.27 bits per heavy atom. The van der Waals surface area contributed by atoms with Crippen molar-refractivity contribution in [2.24, 2.45) is 0 Å². The van der Waals surface area contributed by atoms with Crippen molar-refractivity contribution in [1.29, 1.82) is 0 Å². The highest BCUT2D eigenvalue weighted by Crippen LogP contribution is 2.45. The quantitative estimate of drug-likeness (QED) is 0.516. The van der Waals surface area contributed by atoms with Crippen LogP contribution in [0, 0.1) is 0 Å². The molecule has 0 aromatic heterocycles. The van der Waals surface area contributed by atoms with Crippen LogP contribution in [0.2, 0.25) is 0 Å². The summed E-state index contributed by atoms with van der Waals surface area (Å²) in [5.41, 5.74) is -0.910. The van der Waals surface area contributed by atoms with E-state index in [1.54, 1.807) is 24.3 Å². The van der Waals surface area contributed by atoms with E-state index in [1.165, 1.54) is 0 Å². The largest absolute Gasteiger partial charge is 0.393 e. The maximum Gasteiger partial charge on any atom is 0.125 e. The van der Waals surface area contributed by atoms with Crippen molar-refractivity contribution in [1.82, 2.24) is 0 Å². The van der Waals surface area contributed by atoms with Gasteiger partial charge in [0.25, 0.3) is 0 Å². The normalized spacial score (nSPS) is 39.9. The third-order valence-corrected chi connectivity index (χ3v) is 3.13. The van der Waals surface area contributed by atoms with Crippen molar-refractivity contribution in [2.75, 3.05) is 6.61 Å². The second-order valence-corrected chi connectivity index (χ2v) is 3.97. The van der Waals surface area contributed by atoms with Crippen LogP contribution in [-0.2, 0) is 0 Å². The molecule has 0 bridgehead atoms. The molecule has 0 spiro atoms. The summed E-state index contributed by atoms with van der Waals surface area (Å²) in [5, 5.41) is 37.9. The van der Waals surface area contributed by atoms with E-state index < -0.39 is 30.3 Å². The molecule has 0 unspecified atom stereocenters. The number of hydrogen-bond acceptors (Lipinski definition) is 4. The topological polar surface area (TPSA) is 80.9 Å². The van der Waals surface area contributed by atoms with E-state index in [9.17, 15) is 15.3 Å². The summed E-state index contributed by atoms with van der Waals surface area (Å²) in [6.45, 7) is -0.565. The molecule has 4 nitrogen and oxygen atoms in total. The molecule has 0 amide bonds. The van der Waals surface area contributed by atoms with Gasteiger partial charge in [-0.1, -0.05) is 30.3 Å². The van der Waals surface area contributed by atoms with Gasteiger partial charge < -0.3 is 20.4 Å². The molecule has 1 fully saturated rings. The Hall–Kier alpha value is -0.940. The molecule has 1 aromatic rings. The minimum atomic E-state index is -1.62. The fourth-order valence-electron chi connectivity index (χ4n) is 2.18. The number of hydrogen-bond donors (Lipinski definition) is 4. The van der Waals surface area contributed by atoms with Gasteiger partial charge in [0.1, 0.15) is 11.7 Å². The SMILES string of the molecule is OC[C@@]1(O)[C@@H](O)[C@H](O)[C@@H]1c1ccccc1. The maximum absolute atomic E-state index is 9.91. The summed E-state index contributed by atoms with van der Waals surface area (Å²) in [5.74, 6) is -0.626. The standard InChI is InChI=1S/C11H14O4/c12-6-11(15)8(9(13)10(11)14)7-4-2-1-3-5-7/h1-5,8-10,12-15H,6H2/t8-,9+,10-,11-/m0/s1. The molecule has 0 heterocycles. The molecule has 15 heavy (non-hydrogen) atoms. The van der Waals surface area contributed by atoms with Crippen LogP contribution in [0.5, 0.6) is 0 Å². The van der Waals surface area contributed by atoms with Crippen molar-refractivity contribution in [3.63, 3.8) is 0 Å². The van der Waals surface area contributed by atoms with E-state index in [0.29, 0.717) is 5.56 Å². The summed E-state index contributed by atoms with van der Waals surface area (Å²) in [6, 6.07) is 8.89. The Kier molecular flexibility index (Phi) is 2.52. The first-order valence-electron chi connectivity index (χ1n) is 4.85. The van der Waals surface area contributed by atoms with Gasteiger partial charge in [-0.3, -0.25) is 0 Å². The van der Waals surface area contributed by atoms with Gasteiger partial charge in [0.15, 0.2) is 0 Å². The molecule has 4 N–H and O–H groups in total. The second kappa shape index (κ2) is 3.57. The van der Waals surface area contributed by atoms with Crippen molar-refractivity contribution in [2.45, 2.75) is 23.7 Å². The van der Waals surface area contributed by atoms with Crippen molar-refractivity contribution in [3.05, 3.63) is 35.9 Å². The zero-order valence-electron chi connectivity index (χ0n) is 8.11. The average Bonchev–Trinajstić information content (AvgIpc) is 2.29. The van der Waals surface area contributed by atoms with Gasteiger partial charge in [0, 0.05) is 5.92 Å². The van der Waals surface area contributed by atoms with E-state index in [0.717, 1.165) is 0 Å². The molecule has 0 aliphatic heterocycles. The van der Waals surface area contributed by atoms with E-state index in [4.69, 9.17) is 5.11 Å². The molecule has 1 aliphatic rings. The van der Waals surface area contributed by atoms with Gasteiger partial charge in [-0.2, -0.15) is 0 Å². The predicted molar refractivity (Wildman–Crippen MR) is 53.2 cm³/mol. The molecular formula is C11H14O4. The summed E-state index contributed by atoms with van der Waals surface area (Å²) in [7, 11) is 0. The van der Waals surface area contributed by atoms with Gasteiger partial charge in [-0.15, -0.1) is 0 Å². The van der Waals surface area contributed by atoms with Gasteiger partial charge in [0.2, 0.25) is 0 Å². The van der Waals surface area contributed by atoms with Crippen LogP contribution in [0.1, 0.15) is 11.5 Å². The van der Waals surface area contributed by atoms with Gasteiger partial charge >= 0.3 is 0 Å². The van der Waals surface area contributed by atoms with Crippen LogP contribution in [0.25, 0.3) is 0 Å². The van der Waals surface area contributed by atoms with E-state index in [-0.39, 0.29) is 0 Å². The summed E-state index contributed by atoms with van der Waals surface area (Å²) in [6.07, 6.45) is -2.31. The lowest BCUT2D eigenvalue weighted by Gasteiger charge is -2.52. The first-order chi connectivity index (χ1) is 7.11. The number of aliphatic hydroxyl groups is 4. The fraction of sp³-hybridized carbons (Fsp3) is 0.455. The molecule has 2 rings (SSSR count). The molecule has 4 atom stereocenters. The first-order valence-corrected chi connectivity index (χ1v) is 4.85. The van der Waals surface area contributed by atoms with Crippen molar-refractivity contribution >= 4 is 0 Å². The Morgan fingerprint density at radius 1 is 1.13 bits per heavy atom. The van der Waals surface area contributed by atoms with Crippen LogP contribution >= 0.6 is 0 Å². The van der Waals surface area contributed by atoms with E-state index >= 15 is 0 Å². The number of rotatable bonds is 2. The molecule has 1 aliphatic carbocycles. The fourth-order valence-corrected chi connectivity index (χ4v) is 2.18. The van der Waals surface area contributed by atoms with Crippen LogP contribution in [0.3, 0.4) is 0 Å². The average molecular weight is 210 g/mol. The van der Waals surface area contributed by atoms with Crippen molar-refractivity contribution in [3.8, 4) is 0 Å². The summed E-state index contributed by atoms with van der Waals surface area (Å²) < 4.78 is 0.